The molecule has 0 saturated heterocycles. The van der Waals surface area contributed by atoms with Gasteiger partial charge in [0.15, 0.2) is 0 Å². The molecule has 0 aliphatic rings. The zero-order chi connectivity index (χ0) is 11.7. The second-order valence-corrected chi connectivity index (χ2v) is 5.79. The topological polar surface area (TPSA) is 3.88 Å². The van der Waals surface area contributed by atoms with Gasteiger partial charge in [-0.1, -0.05) is 41.7 Å². The largest absolute Gasteiger partial charge is 0.304 e. The van der Waals surface area contributed by atoms with Crippen molar-refractivity contribution >= 4 is 33.3 Å². The molecule has 0 atom stereocenters. The van der Waals surface area contributed by atoms with Gasteiger partial charge in [0.2, 0.25) is 11.2 Å². The molecule has 0 spiro atoms. The summed E-state index contributed by atoms with van der Waals surface area (Å²) in [6.45, 7) is 0. The number of benzene rings is 2. The van der Waals surface area contributed by atoms with Crippen LogP contribution in [0.3, 0.4) is 0 Å². The molecule has 0 saturated carbocycles. The molecule has 1 aromatic heterocycles. The fourth-order valence-corrected chi connectivity index (χ4v) is 3.80. The maximum Gasteiger partial charge on any atom is 0.304 e. The van der Waals surface area contributed by atoms with Crippen LogP contribution in [0.15, 0.2) is 58.9 Å². The Morgan fingerprint density at radius 3 is 2.41 bits per heavy atom. The van der Waals surface area contributed by atoms with Gasteiger partial charge in [0.25, 0.3) is 0 Å². The lowest BCUT2D eigenvalue weighted by molar-refractivity contribution is -0.601. The molecule has 3 aromatic rings. The van der Waals surface area contributed by atoms with Crippen molar-refractivity contribution in [1.82, 2.24) is 0 Å². The molecule has 17 heavy (non-hydrogen) atoms. The molecule has 2 aromatic carbocycles. The summed E-state index contributed by atoms with van der Waals surface area (Å²) < 4.78 is 4.98. The highest BCUT2D eigenvalue weighted by Gasteiger charge is 2.21. The van der Waals surface area contributed by atoms with Crippen molar-refractivity contribution < 1.29 is 4.57 Å². The van der Waals surface area contributed by atoms with Gasteiger partial charge in [-0.3, -0.25) is 0 Å². The third-order valence-corrected chi connectivity index (χ3v) is 4.88. The van der Waals surface area contributed by atoms with Crippen LogP contribution in [0, 0.1) is 0 Å². The van der Waals surface area contributed by atoms with Crippen LogP contribution >= 0.6 is 23.1 Å². The number of fused-ring (bicyclic) bond motifs is 1. The third kappa shape index (κ3) is 1.85. The lowest BCUT2D eigenvalue weighted by Gasteiger charge is -1.95. The Kier molecular flexibility index (Phi) is 2.87. The Morgan fingerprint density at radius 2 is 1.65 bits per heavy atom. The molecule has 0 N–H and O–H groups in total. The Labute approximate surface area is 109 Å². The first-order chi connectivity index (χ1) is 8.40. The van der Waals surface area contributed by atoms with E-state index in [4.69, 9.17) is 0 Å². The first-order valence-electron chi connectivity index (χ1n) is 5.43. The molecule has 0 fully saturated rings. The van der Waals surface area contributed by atoms with Gasteiger partial charge in [-0.2, -0.15) is 0 Å². The fraction of sp³-hybridized carbons (Fsp3) is 0.0714. The standard InChI is InChI=1S/C14H12NS2/c1-16-14-15(11-7-3-2-4-8-11)12-9-5-6-10-13(12)17-14/h2-10H,1H3/q+1. The summed E-state index contributed by atoms with van der Waals surface area (Å²) in [5.41, 5.74) is 2.52. The number of nitrogens with zero attached hydrogens (tertiary/aromatic N) is 1. The maximum atomic E-state index is 2.32. The average molecular weight is 258 g/mol. The lowest BCUT2D eigenvalue weighted by Crippen LogP contribution is -2.30. The molecular weight excluding hydrogens is 246 g/mol. The van der Waals surface area contributed by atoms with E-state index < -0.39 is 0 Å². The van der Waals surface area contributed by atoms with Crippen LogP contribution in [0.1, 0.15) is 0 Å². The molecule has 84 valence electrons. The number of thiazole rings is 1. The van der Waals surface area contributed by atoms with E-state index in [1.165, 1.54) is 20.2 Å². The molecule has 0 aliphatic carbocycles. The molecule has 1 nitrogen and oxygen atoms in total. The van der Waals surface area contributed by atoms with Crippen LogP contribution in [0.25, 0.3) is 15.9 Å². The summed E-state index contributed by atoms with van der Waals surface area (Å²) in [6, 6.07) is 19.1. The van der Waals surface area contributed by atoms with E-state index in [1.54, 1.807) is 11.8 Å². The minimum Gasteiger partial charge on any atom is -0.137 e. The summed E-state index contributed by atoms with van der Waals surface area (Å²) in [5.74, 6) is 0. The molecule has 3 rings (SSSR count). The Morgan fingerprint density at radius 1 is 0.941 bits per heavy atom. The van der Waals surface area contributed by atoms with E-state index in [1.807, 2.05) is 11.3 Å². The summed E-state index contributed by atoms with van der Waals surface area (Å²) in [5, 5.41) is 0. The molecule has 0 radical (unpaired) electrons. The number of thioether (sulfide) groups is 1. The Balaban J connectivity index is 2.34. The monoisotopic (exact) mass is 258 g/mol. The van der Waals surface area contributed by atoms with Gasteiger partial charge >= 0.3 is 4.34 Å². The zero-order valence-corrected chi connectivity index (χ0v) is 11.1. The molecule has 0 unspecified atom stereocenters. The van der Waals surface area contributed by atoms with Crippen LogP contribution in [0.4, 0.5) is 0 Å². The predicted molar refractivity (Wildman–Crippen MR) is 75.1 cm³/mol. The van der Waals surface area contributed by atoms with Crippen molar-refractivity contribution in [1.29, 1.82) is 0 Å². The minimum absolute atomic E-state index is 1.23. The van der Waals surface area contributed by atoms with Crippen molar-refractivity contribution in [2.45, 2.75) is 4.34 Å². The van der Waals surface area contributed by atoms with Crippen molar-refractivity contribution in [3.05, 3.63) is 54.6 Å². The normalized spacial score (nSPS) is 10.9. The van der Waals surface area contributed by atoms with E-state index >= 15 is 0 Å². The number of hydrogen-bond donors (Lipinski definition) is 0. The number of rotatable bonds is 2. The first-order valence-corrected chi connectivity index (χ1v) is 7.47. The van der Waals surface area contributed by atoms with Crippen LogP contribution in [-0.2, 0) is 0 Å². The smallest absolute Gasteiger partial charge is 0.137 e. The summed E-state index contributed by atoms with van der Waals surface area (Å²) in [7, 11) is 0. The Bertz CT molecular complexity index is 644. The number of hydrogen-bond acceptors (Lipinski definition) is 2. The van der Waals surface area contributed by atoms with Crippen LogP contribution in [0.5, 0.6) is 0 Å². The first kappa shape index (κ1) is 10.8. The van der Waals surface area contributed by atoms with Gasteiger partial charge in [0.1, 0.15) is 4.70 Å². The maximum absolute atomic E-state index is 2.32. The minimum atomic E-state index is 1.23. The highest BCUT2D eigenvalue weighted by molar-refractivity contribution is 8.00. The highest BCUT2D eigenvalue weighted by Crippen LogP contribution is 2.27. The van der Waals surface area contributed by atoms with Crippen molar-refractivity contribution in [2.24, 2.45) is 0 Å². The second-order valence-electron chi connectivity index (χ2n) is 3.71. The van der Waals surface area contributed by atoms with Crippen LogP contribution in [-0.4, -0.2) is 6.26 Å². The van der Waals surface area contributed by atoms with E-state index in [0.717, 1.165) is 0 Å². The molecule has 3 heteroatoms. The lowest BCUT2D eigenvalue weighted by atomic mass is 10.3. The van der Waals surface area contributed by atoms with E-state index in [0.29, 0.717) is 0 Å². The molecule has 0 aliphatic heterocycles. The Hall–Kier alpha value is -1.32. The van der Waals surface area contributed by atoms with Gasteiger partial charge in [-0.15, -0.1) is 4.57 Å². The second kappa shape index (κ2) is 4.51. The van der Waals surface area contributed by atoms with Gasteiger partial charge < -0.3 is 0 Å². The van der Waals surface area contributed by atoms with Crippen molar-refractivity contribution in [3.63, 3.8) is 0 Å². The quantitative estimate of drug-likeness (QED) is 0.498. The highest BCUT2D eigenvalue weighted by atomic mass is 32.2. The molecule has 1 heterocycles. The van der Waals surface area contributed by atoms with E-state index in [2.05, 4.69) is 65.4 Å². The molecule has 0 bridgehead atoms. The molecular formula is C14H12NS2+. The summed E-state index contributed by atoms with van der Waals surface area (Å²) >= 11 is 3.64. The number of para-hydroxylation sites is 2. The van der Waals surface area contributed by atoms with Gasteiger partial charge in [0.05, 0.1) is 0 Å². The van der Waals surface area contributed by atoms with Crippen molar-refractivity contribution in [2.75, 3.05) is 6.26 Å². The van der Waals surface area contributed by atoms with Crippen LogP contribution < -0.4 is 4.57 Å². The average Bonchev–Trinajstić information content (AvgIpc) is 2.78. The van der Waals surface area contributed by atoms with E-state index in [9.17, 15) is 0 Å². The fourth-order valence-electron chi connectivity index (χ4n) is 1.92. The molecule has 0 amide bonds. The third-order valence-electron chi connectivity index (χ3n) is 2.68. The number of aromatic nitrogens is 1. The predicted octanol–water partition coefficient (Wildman–Crippen LogP) is 3.90. The van der Waals surface area contributed by atoms with Gasteiger partial charge in [0, 0.05) is 18.2 Å². The van der Waals surface area contributed by atoms with Crippen molar-refractivity contribution in [3.8, 4) is 5.69 Å². The summed E-state index contributed by atoms with van der Waals surface area (Å²) in [6.07, 6.45) is 2.13. The summed E-state index contributed by atoms with van der Waals surface area (Å²) in [4.78, 5) is 0. The van der Waals surface area contributed by atoms with E-state index in [-0.39, 0.29) is 0 Å². The zero-order valence-electron chi connectivity index (χ0n) is 9.46. The van der Waals surface area contributed by atoms with Gasteiger partial charge in [-0.25, -0.2) is 0 Å². The van der Waals surface area contributed by atoms with Gasteiger partial charge in [-0.05, 0) is 24.1 Å². The SMILES string of the molecule is CSc1sc2ccccc2[n+]1-c1ccccc1. The van der Waals surface area contributed by atoms with Crippen LogP contribution in [0.2, 0.25) is 0 Å².